The third-order valence-corrected chi connectivity index (χ3v) is 17.9. The van der Waals surface area contributed by atoms with E-state index in [4.69, 9.17) is 23.7 Å². The Morgan fingerprint density at radius 2 is 0.989 bits per heavy atom. The van der Waals surface area contributed by atoms with Crippen LogP contribution in [-0.4, -0.2) is 173 Å². The number of carbonyl (C=O) groups is 4. The minimum absolute atomic E-state index is 0.0361. The van der Waals surface area contributed by atoms with E-state index in [1.165, 1.54) is 166 Å². The Kier molecular flexibility index (Phi) is 44.6. The summed E-state index contributed by atoms with van der Waals surface area (Å²) in [5.74, 6) is -1.64. The average molecular weight is 1260 g/mol. The number of hydrogen-bond acceptors (Lipinski definition) is 19. The quantitative estimate of drug-likeness (QED) is 0.0216. The van der Waals surface area contributed by atoms with Crippen LogP contribution in [0, 0.1) is 0 Å². The summed E-state index contributed by atoms with van der Waals surface area (Å²) < 4.78 is 29.7. The van der Waals surface area contributed by atoms with Gasteiger partial charge in [0, 0.05) is 30.8 Å². The molecular weight excluding hydrogens is 1140 g/mol. The van der Waals surface area contributed by atoms with Gasteiger partial charge in [-0.05, 0) is 19.3 Å². The van der Waals surface area contributed by atoms with Crippen LogP contribution < -0.4 is 10.6 Å². The van der Waals surface area contributed by atoms with Crippen LogP contribution in [0.1, 0.15) is 277 Å². The van der Waals surface area contributed by atoms with Gasteiger partial charge in [0.05, 0.1) is 19.4 Å². The van der Waals surface area contributed by atoms with E-state index >= 15 is 0 Å². The molecule has 12 atom stereocenters. The molecule has 22 heteroatoms. The van der Waals surface area contributed by atoms with Crippen molar-refractivity contribution in [3.8, 4) is 0 Å². The van der Waals surface area contributed by atoms with Crippen LogP contribution in [0.2, 0.25) is 0 Å². The molecule has 1 aromatic heterocycles. The summed E-state index contributed by atoms with van der Waals surface area (Å²) in [5, 5.41) is 87.1. The Hall–Kier alpha value is -3.03. The summed E-state index contributed by atoms with van der Waals surface area (Å²) in [7, 11) is 0. The summed E-state index contributed by atoms with van der Waals surface area (Å²) >= 11 is 1.25. The minimum atomic E-state index is -1.84. The van der Waals surface area contributed by atoms with E-state index in [9.17, 15) is 54.9 Å². The van der Waals surface area contributed by atoms with Crippen LogP contribution in [-0.2, 0) is 42.9 Å². The number of esters is 2. The van der Waals surface area contributed by atoms with Crippen molar-refractivity contribution < 1.29 is 78.6 Å². The third-order valence-electron chi connectivity index (χ3n) is 16.7. The normalized spacial score (nSPS) is 22.9. The molecule has 9 unspecified atom stereocenters. The van der Waals surface area contributed by atoms with Crippen molar-refractivity contribution in [1.29, 1.82) is 0 Å². The zero-order valence-electron chi connectivity index (χ0n) is 53.7. The number of carbonyl (C=O) groups excluding carboxylic acids is 4. The molecular formula is C65H119N5O16S. The predicted molar refractivity (Wildman–Crippen MR) is 337 cm³/mol. The van der Waals surface area contributed by atoms with Crippen molar-refractivity contribution in [3.05, 3.63) is 6.20 Å². The van der Waals surface area contributed by atoms with Gasteiger partial charge < -0.3 is 70.1 Å². The second-order valence-electron chi connectivity index (χ2n) is 24.5. The highest BCUT2D eigenvalue weighted by atomic mass is 32.2. The van der Waals surface area contributed by atoms with Gasteiger partial charge in [-0.3, -0.25) is 19.2 Å². The van der Waals surface area contributed by atoms with E-state index in [2.05, 4.69) is 41.7 Å². The van der Waals surface area contributed by atoms with Crippen LogP contribution in [0.25, 0.3) is 0 Å². The van der Waals surface area contributed by atoms with Gasteiger partial charge in [-0.25, -0.2) is 4.68 Å². The van der Waals surface area contributed by atoms with E-state index in [-0.39, 0.29) is 61.0 Å². The van der Waals surface area contributed by atoms with E-state index in [1.807, 2.05) is 0 Å². The molecule has 0 radical (unpaired) electrons. The van der Waals surface area contributed by atoms with E-state index in [1.54, 1.807) is 0 Å². The Morgan fingerprint density at radius 3 is 1.46 bits per heavy atom. The standard InChI is InChI=1S/C65H119N5O16S/c1-4-7-10-13-16-19-22-25-28-31-34-37-40-54(73)66-50(63(81)67-53-43-70(69-68-53)64-60(79)59(78)62(52(45-72)84-64)86-65-61(80)58(77)57(76)51(44-71)85-65)48-87-47-49(83-56(75)42-39-36-33-30-27-24-21-18-15-12-9-6-3)46-82-55(74)41-38-35-32-29-26-23-20-17-14-11-8-5-2/h43,49-52,57-62,64-65,71-72,76-80H,4-42,44-48H2,1-3H3,(H,66,73)(H,67,81)/t49-,50-,51?,52?,57?,58?,59?,60?,61?,62?,64-,65?/m1/s1. The molecule has 0 spiro atoms. The minimum Gasteiger partial charge on any atom is -0.462 e. The molecule has 87 heavy (non-hydrogen) atoms. The maximum Gasteiger partial charge on any atom is 0.306 e. The number of ether oxygens (including phenoxy) is 5. The molecule has 2 amide bonds. The fourth-order valence-corrected chi connectivity index (χ4v) is 12.2. The zero-order valence-corrected chi connectivity index (χ0v) is 54.5. The lowest BCUT2D eigenvalue weighted by Crippen LogP contribution is -2.63. The molecule has 21 nitrogen and oxygen atoms in total. The van der Waals surface area contributed by atoms with Gasteiger partial charge in [-0.2, -0.15) is 11.8 Å². The van der Waals surface area contributed by atoms with Crippen LogP contribution >= 0.6 is 11.8 Å². The Balaban J connectivity index is 1.65. The van der Waals surface area contributed by atoms with Crippen molar-refractivity contribution in [3.63, 3.8) is 0 Å². The highest BCUT2D eigenvalue weighted by Gasteiger charge is 2.51. The Bertz CT molecular complexity index is 1900. The van der Waals surface area contributed by atoms with Crippen LogP contribution in [0.5, 0.6) is 0 Å². The summed E-state index contributed by atoms with van der Waals surface area (Å²) in [6.07, 6.45) is 26.3. The van der Waals surface area contributed by atoms with Gasteiger partial charge in [0.25, 0.3) is 0 Å². The number of aliphatic hydroxyl groups excluding tert-OH is 7. The first kappa shape index (κ1) is 78.2. The van der Waals surface area contributed by atoms with Gasteiger partial charge in [-0.1, -0.05) is 238 Å². The molecule has 0 saturated carbocycles. The van der Waals surface area contributed by atoms with Crippen LogP contribution in [0.3, 0.4) is 0 Å². The van der Waals surface area contributed by atoms with Gasteiger partial charge in [0.15, 0.2) is 18.3 Å². The summed E-state index contributed by atoms with van der Waals surface area (Å²) in [5.41, 5.74) is 0. The Morgan fingerprint density at radius 1 is 0.540 bits per heavy atom. The number of aromatic nitrogens is 3. The number of thioether (sulfide) groups is 1. The van der Waals surface area contributed by atoms with Crippen molar-refractivity contribution in [1.82, 2.24) is 20.3 Å². The molecule has 3 rings (SSSR count). The maximum absolute atomic E-state index is 14.2. The first-order valence-corrected chi connectivity index (χ1v) is 35.5. The molecule has 2 fully saturated rings. The summed E-state index contributed by atoms with van der Waals surface area (Å²) in [6, 6.07) is -1.12. The van der Waals surface area contributed by atoms with Crippen LogP contribution in [0.15, 0.2) is 6.20 Å². The van der Waals surface area contributed by atoms with Gasteiger partial charge in [0.1, 0.15) is 67.6 Å². The van der Waals surface area contributed by atoms with Crippen molar-refractivity contribution in [2.24, 2.45) is 0 Å². The van der Waals surface area contributed by atoms with Gasteiger partial charge in [0.2, 0.25) is 11.8 Å². The third kappa shape index (κ3) is 33.7. The van der Waals surface area contributed by atoms with E-state index in [0.717, 1.165) is 68.9 Å². The van der Waals surface area contributed by atoms with E-state index < -0.39 is 92.6 Å². The lowest BCUT2D eigenvalue weighted by Gasteiger charge is -2.45. The molecule has 3 heterocycles. The summed E-state index contributed by atoms with van der Waals surface area (Å²) in [6.45, 7) is 5.01. The smallest absolute Gasteiger partial charge is 0.306 e. The van der Waals surface area contributed by atoms with Crippen LogP contribution in [0.4, 0.5) is 5.82 Å². The lowest BCUT2D eigenvalue weighted by molar-refractivity contribution is -0.347. The number of hydrogen-bond donors (Lipinski definition) is 9. The number of aliphatic hydroxyl groups is 7. The fourth-order valence-electron chi connectivity index (χ4n) is 11.2. The van der Waals surface area contributed by atoms with Crippen molar-refractivity contribution in [2.45, 2.75) is 345 Å². The van der Waals surface area contributed by atoms with Gasteiger partial charge in [-0.15, -0.1) is 5.10 Å². The number of unbranched alkanes of at least 4 members (excludes halogenated alkanes) is 33. The summed E-state index contributed by atoms with van der Waals surface area (Å²) in [4.78, 5) is 54.1. The molecule has 2 aliphatic heterocycles. The lowest BCUT2D eigenvalue weighted by atomic mass is 9.96. The zero-order chi connectivity index (χ0) is 63.3. The first-order chi connectivity index (χ1) is 42.3. The first-order valence-electron chi connectivity index (χ1n) is 34.3. The number of nitrogens with zero attached hydrogens (tertiary/aromatic N) is 3. The highest BCUT2D eigenvalue weighted by molar-refractivity contribution is 7.99. The predicted octanol–water partition coefficient (Wildman–Crippen LogP) is 9.96. The van der Waals surface area contributed by atoms with Crippen molar-refractivity contribution in [2.75, 3.05) is 36.6 Å². The average Bonchev–Trinajstić information content (AvgIpc) is 2.12. The fraction of sp³-hybridized carbons (Fsp3) is 0.908. The topological polar surface area (TPSA) is 311 Å². The molecule has 506 valence electrons. The SMILES string of the molecule is CCCCCCCCCCCCCCC(=O)N[C@H](CSC[C@@H](COC(=O)CCCCCCCCCCCCCC)OC(=O)CCCCCCCCCCCCCC)C(=O)Nc1cn([C@@H]2OC(CO)C(OC3OC(CO)C(O)C(O)C3O)C(O)C2O)nn1. The molecule has 1 aromatic rings. The molecule has 2 aliphatic rings. The number of anilines is 1. The number of amides is 2. The van der Waals surface area contributed by atoms with E-state index in [0.29, 0.717) is 19.3 Å². The second kappa shape index (κ2) is 49.6. The maximum atomic E-state index is 14.2. The molecule has 0 bridgehead atoms. The van der Waals surface area contributed by atoms with Gasteiger partial charge >= 0.3 is 11.9 Å². The highest BCUT2D eigenvalue weighted by Crippen LogP contribution is 2.33. The largest absolute Gasteiger partial charge is 0.462 e. The molecule has 2 saturated heterocycles. The number of rotatable bonds is 54. The second-order valence-corrected chi connectivity index (χ2v) is 25.5. The van der Waals surface area contributed by atoms with Crippen molar-refractivity contribution >= 4 is 41.3 Å². The molecule has 0 aromatic carbocycles. The molecule has 0 aliphatic carbocycles. The molecule has 9 N–H and O–H groups in total. The monoisotopic (exact) mass is 1260 g/mol. The Labute approximate surface area is 525 Å². The number of nitrogens with one attached hydrogen (secondary N) is 2.